The first kappa shape index (κ1) is 33.1. The number of hydrogen-bond donors (Lipinski definition) is 1. The van der Waals surface area contributed by atoms with Gasteiger partial charge in [0.15, 0.2) is 0 Å². The van der Waals surface area contributed by atoms with Gasteiger partial charge in [0.1, 0.15) is 6.04 Å². The third-order valence-electron chi connectivity index (χ3n) is 7.25. The number of sulfonamides is 1. The summed E-state index contributed by atoms with van der Waals surface area (Å²) in [6.45, 7) is 8.63. The number of aryl methyl sites for hydroxylation is 1. The average molecular weight is 612 g/mol. The largest absolute Gasteiger partial charge is 0.354 e. The van der Waals surface area contributed by atoms with Crippen LogP contribution in [0.25, 0.3) is 0 Å². The van der Waals surface area contributed by atoms with E-state index in [4.69, 9.17) is 11.6 Å². The maximum absolute atomic E-state index is 14.0. The van der Waals surface area contributed by atoms with Crippen LogP contribution >= 0.6 is 11.6 Å². The van der Waals surface area contributed by atoms with E-state index in [9.17, 15) is 18.0 Å². The molecule has 3 rings (SSSR count). The Morgan fingerprint density at radius 1 is 0.929 bits per heavy atom. The number of rotatable bonds is 14. The van der Waals surface area contributed by atoms with Crippen molar-refractivity contribution in [1.29, 1.82) is 0 Å². The molecule has 0 radical (unpaired) electrons. The minimum atomic E-state index is -3.59. The first-order valence-corrected chi connectivity index (χ1v) is 16.5. The lowest BCUT2D eigenvalue weighted by Crippen LogP contribution is -2.51. The van der Waals surface area contributed by atoms with Crippen LogP contribution in [0, 0.1) is 19.8 Å². The predicted octanol–water partition coefficient (Wildman–Crippen LogP) is 5.92. The summed E-state index contributed by atoms with van der Waals surface area (Å²) in [6, 6.07) is 21.7. The summed E-state index contributed by atoms with van der Waals surface area (Å²) < 4.78 is 26.9. The van der Waals surface area contributed by atoms with Crippen molar-refractivity contribution in [3.05, 3.63) is 100 Å². The maximum atomic E-state index is 14.0. The Labute approximate surface area is 255 Å². The highest BCUT2D eigenvalue weighted by Crippen LogP contribution is 2.26. The van der Waals surface area contributed by atoms with Crippen LogP contribution in [0.15, 0.2) is 72.8 Å². The fourth-order valence-electron chi connectivity index (χ4n) is 4.77. The molecule has 226 valence electrons. The number of nitrogens with zero attached hydrogens (tertiary/aromatic N) is 2. The topological polar surface area (TPSA) is 86.8 Å². The number of anilines is 1. The molecule has 1 atom stereocenters. The number of hydrogen-bond acceptors (Lipinski definition) is 4. The zero-order valence-electron chi connectivity index (χ0n) is 25.1. The van der Waals surface area contributed by atoms with E-state index in [1.165, 1.54) is 10.6 Å². The van der Waals surface area contributed by atoms with Gasteiger partial charge in [-0.1, -0.05) is 86.1 Å². The van der Waals surface area contributed by atoms with Gasteiger partial charge in [-0.15, -0.1) is 0 Å². The first-order valence-electron chi connectivity index (χ1n) is 14.3. The quantitative estimate of drug-likeness (QED) is 0.245. The van der Waals surface area contributed by atoms with Crippen LogP contribution < -0.4 is 9.62 Å². The molecule has 2 amide bonds. The molecule has 0 aliphatic heterocycles. The van der Waals surface area contributed by atoms with Gasteiger partial charge in [0.25, 0.3) is 0 Å². The van der Waals surface area contributed by atoms with Crippen LogP contribution in [0.5, 0.6) is 0 Å². The molecular weight excluding hydrogens is 570 g/mol. The Hall–Kier alpha value is -3.36. The SMILES string of the molecule is Cc1cccc(N(CCCC(=O)N(Cc2ccccc2Cl)[C@H](Cc2ccccc2)C(=O)NCC(C)C)S(C)(=O)=O)c1C. The molecule has 0 bridgehead atoms. The highest BCUT2D eigenvalue weighted by Gasteiger charge is 2.31. The van der Waals surface area contributed by atoms with Crippen molar-refractivity contribution in [3.8, 4) is 0 Å². The Balaban J connectivity index is 1.91. The Bertz CT molecular complexity index is 1460. The van der Waals surface area contributed by atoms with E-state index >= 15 is 0 Å². The summed E-state index contributed by atoms with van der Waals surface area (Å²) in [5, 5.41) is 3.52. The van der Waals surface area contributed by atoms with E-state index in [0.29, 0.717) is 23.7 Å². The molecule has 9 heteroatoms. The van der Waals surface area contributed by atoms with Crippen molar-refractivity contribution in [2.24, 2.45) is 5.92 Å². The number of carbonyl (C=O) groups excluding carboxylic acids is 2. The molecule has 7 nitrogen and oxygen atoms in total. The Morgan fingerprint density at radius 2 is 1.60 bits per heavy atom. The molecule has 0 aromatic heterocycles. The van der Waals surface area contributed by atoms with Crippen LogP contribution in [-0.2, 0) is 32.6 Å². The van der Waals surface area contributed by atoms with Crippen molar-refractivity contribution >= 4 is 39.1 Å². The summed E-state index contributed by atoms with van der Waals surface area (Å²) in [5.41, 5.74) is 4.12. The van der Waals surface area contributed by atoms with Gasteiger partial charge < -0.3 is 10.2 Å². The fraction of sp³-hybridized carbons (Fsp3) is 0.394. The summed E-state index contributed by atoms with van der Waals surface area (Å²) >= 11 is 6.50. The lowest BCUT2D eigenvalue weighted by molar-refractivity contribution is -0.141. The van der Waals surface area contributed by atoms with Gasteiger partial charge in [0, 0.05) is 37.5 Å². The summed E-state index contributed by atoms with van der Waals surface area (Å²) in [6.07, 6.45) is 1.85. The average Bonchev–Trinajstić information content (AvgIpc) is 2.94. The predicted molar refractivity (Wildman–Crippen MR) is 171 cm³/mol. The number of nitrogens with one attached hydrogen (secondary N) is 1. The van der Waals surface area contributed by atoms with Gasteiger partial charge in [0.2, 0.25) is 21.8 Å². The normalized spacial score (nSPS) is 12.2. The van der Waals surface area contributed by atoms with E-state index in [1.807, 2.05) is 88.4 Å². The number of halogens is 1. The molecule has 3 aromatic rings. The Morgan fingerprint density at radius 3 is 2.24 bits per heavy atom. The fourth-order valence-corrected chi connectivity index (χ4v) is 5.99. The monoisotopic (exact) mass is 611 g/mol. The van der Waals surface area contributed by atoms with Gasteiger partial charge in [-0.2, -0.15) is 0 Å². The van der Waals surface area contributed by atoms with E-state index in [2.05, 4.69) is 5.32 Å². The third-order valence-corrected chi connectivity index (χ3v) is 8.80. The number of benzene rings is 3. The van der Waals surface area contributed by atoms with Gasteiger partial charge >= 0.3 is 0 Å². The van der Waals surface area contributed by atoms with Gasteiger partial charge in [0.05, 0.1) is 11.9 Å². The molecule has 0 spiro atoms. The van der Waals surface area contributed by atoms with Crippen molar-refractivity contribution in [2.45, 2.75) is 59.5 Å². The van der Waals surface area contributed by atoms with Crippen LogP contribution in [0.2, 0.25) is 5.02 Å². The van der Waals surface area contributed by atoms with Crippen LogP contribution in [0.4, 0.5) is 5.69 Å². The molecule has 3 aromatic carbocycles. The molecule has 0 saturated carbocycles. The highest BCUT2D eigenvalue weighted by molar-refractivity contribution is 7.92. The summed E-state index contributed by atoms with van der Waals surface area (Å²) in [7, 11) is -3.59. The number of amides is 2. The second-order valence-electron chi connectivity index (χ2n) is 11.1. The molecule has 0 heterocycles. The maximum Gasteiger partial charge on any atom is 0.243 e. The summed E-state index contributed by atoms with van der Waals surface area (Å²) in [5.74, 6) is -0.239. The zero-order chi connectivity index (χ0) is 30.9. The van der Waals surface area contributed by atoms with E-state index < -0.39 is 16.1 Å². The van der Waals surface area contributed by atoms with Crippen LogP contribution in [0.1, 0.15) is 48.9 Å². The molecule has 0 aliphatic rings. The lowest BCUT2D eigenvalue weighted by atomic mass is 10.0. The van der Waals surface area contributed by atoms with E-state index in [-0.39, 0.29) is 43.7 Å². The Kier molecular flexibility index (Phi) is 12.0. The molecule has 0 fully saturated rings. The highest BCUT2D eigenvalue weighted by atomic mass is 35.5. The van der Waals surface area contributed by atoms with Crippen molar-refractivity contribution < 1.29 is 18.0 Å². The number of carbonyl (C=O) groups is 2. The first-order chi connectivity index (χ1) is 19.9. The molecule has 0 unspecified atom stereocenters. The summed E-state index contributed by atoms with van der Waals surface area (Å²) in [4.78, 5) is 29.2. The lowest BCUT2D eigenvalue weighted by Gasteiger charge is -2.32. The molecule has 1 N–H and O–H groups in total. The van der Waals surface area contributed by atoms with Gasteiger partial charge in [-0.05, 0) is 60.6 Å². The van der Waals surface area contributed by atoms with Crippen LogP contribution in [0.3, 0.4) is 0 Å². The second-order valence-corrected chi connectivity index (χ2v) is 13.4. The second kappa shape index (κ2) is 15.2. The van der Waals surface area contributed by atoms with E-state index in [0.717, 1.165) is 22.3 Å². The standard InChI is InChI=1S/C33H42ClN3O4S/c1-24(2)22-35-33(39)31(21-27-14-7-6-8-15-27)36(23-28-16-9-10-17-29(28)34)32(38)19-12-20-37(42(5,40)41)30-18-11-13-25(3)26(30)4/h6-11,13-18,24,31H,12,19-23H2,1-5H3,(H,35,39)/t31-/m1/s1. The smallest absolute Gasteiger partial charge is 0.243 e. The van der Waals surface area contributed by atoms with Gasteiger partial charge in [-0.3, -0.25) is 13.9 Å². The molecular formula is C33H42ClN3O4S. The molecule has 0 saturated heterocycles. The van der Waals surface area contributed by atoms with Crippen molar-refractivity contribution in [3.63, 3.8) is 0 Å². The minimum absolute atomic E-state index is 0.0596. The third kappa shape index (κ3) is 9.33. The zero-order valence-corrected chi connectivity index (χ0v) is 26.7. The van der Waals surface area contributed by atoms with E-state index in [1.54, 1.807) is 17.0 Å². The molecule has 0 aliphatic carbocycles. The van der Waals surface area contributed by atoms with Crippen LogP contribution in [-0.4, -0.2) is 50.5 Å². The van der Waals surface area contributed by atoms with Crippen molar-refractivity contribution in [2.75, 3.05) is 23.7 Å². The minimum Gasteiger partial charge on any atom is -0.354 e. The van der Waals surface area contributed by atoms with Crippen molar-refractivity contribution in [1.82, 2.24) is 10.2 Å². The molecule has 42 heavy (non-hydrogen) atoms. The van der Waals surface area contributed by atoms with Gasteiger partial charge in [-0.25, -0.2) is 8.42 Å².